The van der Waals surface area contributed by atoms with Gasteiger partial charge in [-0.05, 0) is 67.3 Å². The summed E-state index contributed by atoms with van der Waals surface area (Å²) in [6.45, 7) is 4.27. The van der Waals surface area contributed by atoms with Crippen molar-refractivity contribution in [1.82, 2.24) is 0 Å². The molecule has 6 nitrogen and oxygen atoms in total. The number of carbonyl (C=O) groups is 1. The van der Waals surface area contributed by atoms with Crippen LogP contribution in [-0.2, 0) is 16.4 Å². The van der Waals surface area contributed by atoms with Gasteiger partial charge in [0.1, 0.15) is 0 Å². The number of benzene rings is 3. The number of sulfonamides is 1. The van der Waals surface area contributed by atoms with Gasteiger partial charge in [-0.15, -0.1) is 0 Å². The zero-order chi connectivity index (χ0) is 21.3. The molecule has 0 spiro atoms. The Morgan fingerprint density at radius 1 is 0.933 bits per heavy atom. The Kier molecular flexibility index (Phi) is 5.22. The summed E-state index contributed by atoms with van der Waals surface area (Å²) in [5.74, 6) is 0. The molecular weight excluding hydrogens is 398 g/mol. The molecule has 0 saturated heterocycles. The third kappa shape index (κ3) is 3.89. The number of anilines is 3. The number of fused-ring (bicyclic) bond motifs is 1. The summed E-state index contributed by atoms with van der Waals surface area (Å²) < 4.78 is 27.5. The minimum atomic E-state index is -3.65. The summed E-state index contributed by atoms with van der Waals surface area (Å²) in [4.78, 5) is 12.7. The monoisotopic (exact) mass is 421 g/mol. The fourth-order valence-corrected chi connectivity index (χ4v) is 5.07. The maximum atomic E-state index is 13.1. The Balaban J connectivity index is 1.56. The van der Waals surface area contributed by atoms with Gasteiger partial charge in [-0.3, -0.25) is 4.31 Å². The van der Waals surface area contributed by atoms with Crippen LogP contribution in [0.25, 0.3) is 0 Å². The lowest BCUT2D eigenvalue weighted by atomic mass is 10.1. The topological polar surface area (TPSA) is 78.5 Å². The lowest BCUT2D eigenvalue weighted by molar-refractivity contribution is 0.262. The van der Waals surface area contributed by atoms with E-state index < -0.39 is 10.0 Å². The molecule has 4 rings (SSSR count). The lowest BCUT2D eigenvalue weighted by Crippen LogP contribution is -2.29. The van der Waals surface area contributed by atoms with Crippen molar-refractivity contribution in [2.45, 2.75) is 25.2 Å². The Morgan fingerprint density at radius 2 is 1.70 bits per heavy atom. The maximum Gasteiger partial charge on any atom is 0.323 e. The highest BCUT2D eigenvalue weighted by molar-refractivity contribution is 7.92. The second-order valence-electron chi connectivity index (χ2n) is 7.38. The largest absolute Gasteiger partial charge is 0.323 e. The summed E-state index contributed by atoms with van der Waals surface area (Å²) in [5.41, 5.74) is 4.83. The third-order valence-corrected chi connectivity index (χ3v) is 7.00. The second-order valence-corrected chi connectivity index (χ2v) is 9.24. The Hall–Kier alpha value is -3.32. The van der Waals surface area contributed by atoms with Crippen LogP contribution in [0.5, 0.6) is 0 Å². The summed E-state index contributed by atoms with van der Waals surface area (Å²) in [5, 5.41) is 5.66. The lowest BCUT2D eigenvalue weighted by Gasteiger charge is -2.20. The quantitative estimate of drug-likeness (QED) is 0.641. The van der Waals surface area contributed by atoms with E-state index in [0.717, 1.165) is 22.4 Å². The van der Waals surface area contributed by atoms with Crippen LogP contribution >= 0.6 is 0 Å². The zero-order valence-electron chi connectivity index (χ0n) is 16.8. The Labute approximate surface area is 176 Å². The van der Waals surface area contributed by atoms with E-state index in [0.29, 0.717) is 24.3 Å². The zero-order valence-corrected chi connectivity index (χ0v) is 17.7. The molecular formula is C23H23N3O3S. The van der Waals surface area contributed by atoms with Crippen LogP contribution in [0.4, 0.5) is 21.9 Å². The first-order valence-electron chi connectivity index (χ1n) is 9.70. The van der Waals surface area contributed by atoms with Crippen LogP contribution in [0, 0.1) is 13.8 Å². The molecule has 3 aromatic carbocycles. The van der Waals surface area contributed by atoms with Gasteiger partial charge >= 0.3 is 6.03 Å². The SMILES string of the molecule is Cc1ccc(C)c(NC(=O)Nc2ccc3c(c2)N(S(=O)(=O)c2ccccc2)CC3)c1. The van der Waals surface area contributed by atoms with E-state index in [9.17, 15) is 13.2 Å². The first-order valence-corrected chi connectivity index (χ1v) is 11.1. The van der Waals surface area contributed by atoms with Crippen molar-refractivity contribution in [1.29, 1.82) is 0 Å². The predicted octanol–water partition coefficient (Wildman–Crippen LogP) is 4.70. The molecule has 2 amide bonds. The van der Waals surface area contributed by atoms with E-state index >= 15 is 0 Å². The maximum absolute atomic E-state index is 13.1. The van der Waals surface area contributed by atoms with Gasteiger partial charge in [0.05, 0.1) is 10.6 Å². The molecule has 1 heterocycles. The number of hydrogen-bond donors (Lipinski definition) is 2. The summed E-state index contributed by atoms with van der Waals surface area (Å²) in [7, 11) is -3.65. The number of aryl methyl sites for hydroxylation is 2. The van der Waals surface area contributed by atoms with Gasteiger partial charge < -0.3 is 10.6 Å². The summed E-state index contributed by atoms with van der Waals surface area (Å²) in [6.07, 6.45) is 0.635. The molecule has 1 aliphatic rings. The smallest absolute Gasteiger partial charge is 0.308 e. The molecule has 0 fully saturated rings. The highest BCUT2D eigenvalue weighted by Gasteiger charge is 2.31. The van der Waals surface area contributed by atoms with Crippen LogP contribution in [0.3, 0.4) is 0 Å². The van der Waals surface area contributed by atoms with Gasteiger partial charge in [0.15, 0.2) is 0 Å². The van der Waals surface area contributed by atoms with Crippen molar-refractivity contribution >= 4 is 33.1 Å². The molecule has 0 bridgehead atoms. The van der Waals surface area contributed by atoms with E-state index in [4.69, 9.17) is 0 Å². The molecule has 7 heteroatoms. The number of nitrogens with zero attached hydrogens (tertiary/aromatic N) is 1. The standard InChI is InChI=1S/C23H23N3O3S/c1-16-8-9-17(2)21(14-16)25-23(27)24-19-11-10-18-12-13-26(22(18)15-19)30(28,29)20-6-4-3-5-7-20/h3-11,14-15H,12-13H2,1-2H3,(H2,24,25,27). The molecule has 0 unspecified atom stereocenters. The molecule has 2 N–H and O–H groups in total. The average Bonchev–Trinajstić information content (AvgIpc) is 3.15. The number of rotatable bonds is 4. The van der Waals surface area contributed by atoms with Crippen molar-refractivity contribution < 1.29 is 13.2 Å². The van der Waals surface area contributed by atoms with Crippen LogP contribution in [0.2, 0.25) is 0 Å². The first-order chi connectivity index (χ1) is 14.3. The fraction of sp³-hybridized carbons (Fsp3) is 0.174. The van der Waals surface area contributed by atoms with Gasteiger partial charge in [-0.25, -0.2) is 13.2 Å². The number of hydrogen-bond acceptors (Lipinski definition) is 3. The summed E-state index contributed by atoms with van der Waals surface area (Å²) in [6, 6.07) is 19.2. The van der Waals surface area contributed by atoms with Crippen LogP contribution in [-0.4, -0.2) is 21.0 Å². The van der Waals surface area contributed by atoms with Gasteiger partial charge in [0.2, 0.25) is 0 Å². The van der Waals surface area contributed by atoms with E-state index in [1.54, 1.807) is 42.5 Å². The van der Waals surface area contributed by atoms with Gasteiger partial charge in [0, 0.05) is 17.9 Å². The van der Waals surface area contributed by atoms with Gasteiger partial charge in [-0.1, -0.05) is 36.4 Å². The van der Waals surface area contributed by atoms with Gasteiger partial charge in [0.25, 0.3) is 10.0 Å². The van der Waals surface area contributed by atoms with Crippen molar-refractivity contribution in [2.24, 2.45) is 0 Å². The molecule has 3 aromatic rings. The minimum Gasteiger partial charge on any atom is -0.308 e. The Morgan fingerprint density at radius 3 is 2.47 bits per heavy atom. The average molecular weight is 422 g/mol. The van der Waals surface area contributed by atoms with Gasteiger partial charge in [-0.2, -0.15) is 0 Å². The molecule has 0 saturated carbocycles. The number of nitrogens with one attached hydrogen (secondary N) is 2. The number of carbonyl (C=O) groups excluding carboxylic acids is 1. The van der Waals surface area contributed by atoms with Crippen LogP contribution in [0.15, 0.2) is 71.6 Å². The predicted molar refractivity (Wildman–Crippen MR) is 120 cm³/mol. The molecule has 1 aliphatic heterocycles. The van der Waals surface area contributed by atoms with E-state index in [-0.39, 0.29) is 10.9 Å². The van der Waals surface area contributed by atoms with Crippen molar-refractivity contribution in [3.63, 3.8) is 0 Å². The molecule has 0 aliphatic carbocycles. The molecule has 0 atom stereocenters. The second kappa shape index (κ2) is 7.84. The minimum absolute atomic E-state index is 0.254. The molecule has 0 aromatic heterocycles. The first kappa shape index (κ1) is 20.0. The highest BCUT2D eigenvalue weighted by atomic mass is 32.2. The van der Waals surface area contributed by atoms with Crippen molar-refractivity contribution in [3.05, 3.63) is 83.4 Å². The third-order valence-electron chi connectivity index (χ3n) is 5.17. The normalized spacial score (nSPS) is 13.1. The molecule has 154 valence electrons. The highest BCUT2D eigenvalue weighted by Crippen LogP contribution is 2.35. The van der Waals surface area contributed by atoms with Crippen molar-refractivity contribution in [3.8, 4) is 0 Å². The fourth-order valence-electron chi connectivity index (χ4n) is 3.55. The van der Waals surface area contributed by atoms with E-state index in [1.165, 1.54) is 4.31 Å². The van der Waals surface area contributed by atoms with E-state index in [1.807, 2.05) is 38.1 Å². The van der Waals surface area contributed by atoms with Crippen LogP contribution in [0.1, 0.15) is 16.7 Å². The van der Waals surface area contributed by atoms with E-state index in [2.05, 4.69) is 10.6 Å². The van der Waals surface area contributed by atoms with Crippen LogP contribution < -0.4 is 14.9 Å². The number of amides is 2. The summed E-state index contributed by atoms with van der Waals surface area (Å²) >= 11 is 0. The Bertz CT molecular complexity index is 1210. The molecule has 0 radical (unpaired) electrons. The van der Waals surface area contributed by atoms with Crippen molar-refractivity contribution in [2.75, 3.05) is 21.5 Å². The number of urea groups is 1. The molecule has 30 heavy (non-hydrogen) atoms.